The molecule has 2 fully saturated rings. The number of fused-ring (bicyclic) bond motifs is 1. The Balaban J connectivity index is 1.92. The van der Waals surface area contributed by atoms with E-state index in [0.717, 1.165) is 56.5 Å². The number of amides is 2. The summed E-state index contributed by atoms with van der Waals surface area (Å²) in [6, 6.07) is 0.0811. The van der Waals surface area contributed by atoms with Gasteiger partial charge in [0, 0.05) is 31.3 Å². The normalized spacial score (nSPS) is 27.1. The summed E-state index contributed by atoms with van der Waals surface area (Å²) in [7, 11) is 0. The smallest absolute Gasteiger partial charge is 0.274 e. The number of likely N-dealkylation sites (tertiary alicyclic amines) is 2. The second-order valence-electron chi connectivity index (χ2n) is 7.32. The van der Waals surface area contributed by atoms with Crippen LogP contribution in [0.15, 0.2) is 0 Å². The van der Waals surface area contributed by atoms with Crippen molar-refractivity contribution in [3.8, 4) is 0 Å². The van der Waals surface area contributed by atoms with Crippen LogP contribution >= 0.6 is 0 Å². The molecule has 0 unspecified atom stereocenters. The summed E-state index contributed by atoms with van der Waals surface area (Å²) in [5.74, 6) is 0.116. The fraction of sp³-hybridized carbons (Fsp3) is 0.722. The summed E-state index contributed by atoms with van der Waals surface area (Å²) in [5.41, 5.74) is 2.26. The van der Waals surface area contributed by atoms with Gasteiger partial charge in [0.25, 0.3) is 5.91 Å². The summed E-state index contributed by atoms with van der Waals surface area (Å²) in [5, 5.41) is 7.27. The summed E-state index contributed by atoms with van der Waals surface area (Å²) >= 11 is 0. The molecular formula is C18H28N4O2. The lowest BCUT2D eigenvalue weighted by molar-refractivity contribution is -0.143. The van der Waals surface area contributed by atoms with E-state index < -0.39 is 0 Å². The second-order valence-corrected chi connectivity index (χ2v) is 7.32. The van der Waals surface area contributed by atoms with Gasteiger partial charge in [-0.1, -0.05) is 6.92 Å². The van der Waals surface area contributed by atoms with Crippen LogP contribution in [-0.4, -0.2) is 56.5 Å². The average molecular weight is 332 g/mol. The van der Waals surface area contributed by atoms with Crippen LogP contribution in [-0.2, 0) is 11.2 Å². The molecule has 0 radical (unpaired) electrons. The van der Waals surface area contributed by atoms with E-state index in [-0.39, 0.29) is 23.4 Å². The van der Waals surface area contributed by atoms with E-state index in [1.807, 2.05) is 16.7 Å². The highest BCUT2D eigenvalue weighted by molar-refractivity contribution is 5.94. The number of carbonyl (C=O) groups is 2. The van der Waals surface area contributed by atoms with Crippen LogP contribution in [0.4, 0.5) is 0 Å². The average Bonchev–Trinajstić information content (AvgIpc) is 2.92. The third-order valence-electron chi connectivity index (χ3n) is 5.96. The van der Waals surface area contributed by atoms with Crippen molar-refractivity contribution in [3.05, 3.63) is 17.0 Å². The van der Waals surface area contributed by atoms with E-state index in [0.29, 0.717) is 5.69 Å². The Morgan fingerprint density at radius 2 is 2.08 bits per heavy atom. The molecule has 2 saturated heterocycles. The fourth-order valence-electron chi connectivity index (χ4n) is 4.63. The van der Waals surface area contributed by atoms with Gasteiger partial charge in [0.05, 0.1) is 11.6 Å². The maximum absolute atomic E-state index is 13.2. The molecule has 0 bridgehead atoms. The number of rotatable bonds is 2. The largest absolute Gasteiger partial charge is 0.335 e. The Hall–Kier alpha value is -1.85. The van der Waals surface area contributed by atoms with E-state index in [9.17, 15) is 9.59 Å². The Labute approximate surface area is 143 Å². The van der Waals surface area contributed by atoms with Crippen molar-refractivity contribution in [1.82, 2.24) is 20.0 Å². The van der Waals surface area contributed by atoms with Crippen molar-refractivity contribution < 1.29 is 9.59 Å². The minimum atomic E-state index is -0.254. The molecular weight excluding hydrogens is 304 g/mol. The summed E-state index contributed by atoms with van der Waals surface area (Å²) in [6.45, 7) is 9.34. The minimum absolute atomic E-state index is 0.00442. The molecule has 0 aliphatic carbocycles. The van der Waals surface area contributed by atoms with Crippen LogP contribution in [0.3, 0.4) is 0 Å². The van der Waals surface area contributed by atoms with Gasteiger partial charge >= 0.3 is 0 Å². The van der Waals surface area contributed by atoms with Gasteiger partial charge in [-0.15, -0.1) is 0 Å². The zero-order chi connectivity index (χ0) is 17.5. The first-order valence-electron chi connectivity index (χ1n) is 9.03. The third-order valence-corrected chi connectivity index (χ3v) is 5.96. The Kier molecular flexibility index (Phi) is 4.40. The second kappa shape index (κ2) is 6.22. The molecule has 2 amide bonds. The number of hydrogen-bond donors (Lipinski definition) is 1. The monoisotopic (exact) mass is 332 g/mol. The number of aryl methyl sites for hydroxylation is 1. The van der Waals surface area contributed by atoms with Gasteiger partial charge < -0.3 is 9.80 Å². The van der Waals surface area contributed by atoms with Crippen molar-refractivity contribution in [1.29, 1.82) is 0 Å². The molecule has 1 aromatic heterocycles. The van der Waals surface area contributed by atoms with Gasteiger partial charge in [-0.25, -0.2) is 0 Å². The predicted octanol–water partition coefficient (Wildman–Crippen LogP) is 2.29. The lowest BCUT2D eigenvalue weighted by Crippen LogP contribution is -2.68. The topological polar surface area (TPSA) is 69.3 Å². The quantitative estimate of drug-likeness (QED) is 0.903. The van der Waals surface area contributed by atoms with Crippen LogP contribution in [0.5, 0.6) is 0 Å². The number of nitrogens with one attached hydrogen (secondary N) is 1. The molecule has 0 aromatic carbocycles. The molecule has 1 aromatic rings. The Morgan fingerprint density at radius 3 is 2.71 bits per heavy atom. The predicted molar refractivity (Wildman–Crippen MR) is 91.8 cm³/mol. The van der Waals surface area contributed by atoms with Gasteiger partial charge in [-0.05, 0) is 46.0 Å². The van der Waals surface area contributed by atoms with Crippen LogP contribution in [0.1, 0.15) is 68.2 Å². The minimum Gasteiger partial charge on any atom is -0.335 e. The standard InChI is InChI=1S/C18H28N4O2/c1-5-14-12(2)16(20-19-14)17(24)21-10-7-9-18(4)15(21)8-6-11-22(18)13(3)23/h15H,5-11H2,1-4H3,(H,19,20)/t15-,18+/m1/s1. The molecule has 2 atom stereocenters. The van der Waals surface area contributed by atoms with Gasteiger partial charge in [0.1, 0.15) is 0 Å². The Bertz CT molecular complexity index is 653. The zero-order valence-corrected chi connectivity index (χ0v) is 15.2. The van der Waals surface area contributed by atoms with Crippen LogP contribution in [0.25, 0.3) is 0 Å². The van der Waals surface area contributed by atoms with Crippen molar-refractivity contribution in [2.45, 2.75) is 71.4 Å². The number of nitrogens with zero attached hydrogens (tertiary/aromatic N) is 3. The zero-order valence-electron chi connectivity index (χ0n) is 15.2. The number of aromatic amines is 1. The van der Waals surface area contributed by atoms with Crippen molar-refractivity contribution in [3.63, 3.8) is 0 Å². The highest BCUT2D eigenvalue weighted by Gasteiger charge is 2.49. The molecule has 3 rings (SSSR count). The molecule has 2 aliphatic heterocycles. The SMILES string of the molecule is CCc1[nH]nc(C(=O)N2CCC[C@@]3(C)[C@H]2CCCN3C(C)=O)c1C. The number of piperidine rings is 2. The third kappa shape index (κ3) is 2.52. The van der Waals surface area contributed by atoms with Crippen molar-refractivity contribution >= 4 is 11.8 Å². The van der Waals surface area contributed by atoms with E-state index in [1.165, 1.54) is 0 Å². The lowest BCUT2D eigenvalue weighted by atomic mass is 9.76. The number of H-pyrrole nitrogens is 1. The van der Waals surface area contributed by atoms with Crippen molar-refractivity contribution in [2.75, 3.05) is 13.1 Å². The van der Waals surface area contributed by atoms with Gasteiger partial charge in [0.2, 0.25) is 5.91 Å². The number of carbonyl (C=O) groups excluding carboxylic acids is 2. The van der Waals surface area contributed by atoms with E-state index >= 15 is 0 Å². The summed E-state index contributed by atoms with van der Waals surface area (Å²) in [4.78, 5) is 29.2. The first kappa shape index (κ1) is 17.0. The van der Waals surface area contributed by atoms with Crippen LogP contribution in [0, 0.1) is 6.92 Å². The molecule has 1 N–H and O–H groups in total. The van der Waals surface area contributed by atoms with Gasteiger partial charge in [-0.3, -0.25) is 14.7 Å². The Morgan fingerprint density at radius 1 is 1.33 bits per heavy atom. The van der Waals surface area contributed by atoms with Gasteiger partial charge in [0.15, 0.2) is 5.69 Å². The number of aromatic nitrogens is 2. The van der Waals surface area contributed by atoms with Crippen molar-refractivity contribution in [2.24, 2.45) is 0 Å². The first-order chi connectivity index (χ1) is 11.4. The van der Waals surface area contributed by atoms with Crippen LogP contribution in [0.2, 0.25) is 0 Å². The maximum atomic E-state index is 13.2. The lowest BCUT2D eigenvalue weighted by Gasteiger charge is -2.56. The molecule has 132 valence electrons. The molecule has 0 saturated carbocycles. The fourth-order valence-corrected chi connectivity index (χ4v) is 4.63. The van der Waals surface area contributed by atoms with Gasteiger partial charge in [-0.2, -0.15) is 5.10 Å². The first-order valence-corrected chi connectivity index (χ1v) is 9.03. The summed E-state index contributed by atoms with van der Waals surface area (Å²) < 4.78 is 0. The number of hydrogen-bond acceptors (Lipinski definition) is 3. The van der Waals surface area contributed by atoms with E-state index in [1.54, 1.807) is 6.92 Å². The maximum Gasteiger partial charge on any atom is 0.274 e. The van der Waals surface area contributed by atoms with E-state index in [2.05, 4.69) is 24.0 Å². The highest BCUT2D eigenvalue weighted by Crippen LogP contribution is 2.39. The van der Waals surface area contributed by atoms with E-state index in [4.69, 9.17) is 0 Å². The molecule has 6 nitrogen and oxygen atoms in total. The molecule has 24 heavy (non-hydrogen) atoms. The molecule has 6 heteroatoms. The molecule has 0 spiro atoms. The highest BCUT2D eigenvalue weighted by atomic mass is 16.2. The van der Waals surface area contributed by atoms with Crippen LogP contribution < -0.4 is 0 Å². The summed E-state index contributed by atoms with van der Waals surface area (Å²) in [6.07, 6.45) is 4.62. The molecule has 3 heterocycles. The molecule has 2 aliphatic rings.